The van der Waals surface area contributed by atoms with Crippen molar-refractivity contribution in [1.29, 1.82) is 0 Å². The summed E-state index contributed by atoms with van der Waals surface area (Å²) in [5.41, 5.74) is -0.389. The molecule has 0 bridgehead atoms. The average molecular weight is 254 g/mol. The first-order valence-corrected chi connectivity index (χ1v) is 7.03. The standard InChI is InChI=1S/C14H26N2O2/c1-14(2,3)18-13(17)16-8-7-11(10-16)9-15(4)12-5-6-12/h11-12H,5-10H2,1-4H3. The van der Waals surface area contributed by atoms with Crippen molar-refractivity contribution in [2.24, 2.45) is 5.92 Å². The molecule has 1 saturated heterocycles. The molecule has 1 aliphatic heterocycles. The molecule has 2 aliphatic rings. The van der Waals surface area contributed by atoms with Gasteiger partial charge in [-0.25, -0.2) is 4.79 Å². The molecule has 0 aromatic rings. The maximum Gasteiger partial charge on any atom is 0.410 e. The molecular formula is C14H26N2O2. The van der Waals surface area contributed by atoms with Gasteiger partial charge in [-0.3, -0.25) is 0 Å². The average Bonchev–Trinajstić information content (AvgIpc) is 2.97. The molecule has 104 valence electrons. The van der Waals surface area contributed by atoms with Crippen LogP contribution in [0.4, 0.5) is 4.79 Å². The van der Waals surface area contributed by atoms with Gasteiger partial charge in [-0.05, 0) is 53.0 Å². The summed E-state index contributed by atoms with van der Waals surface area (Å²) in [6.45, 7) is 8.56. The molecule has 1 saturated carbocycles. The van der Waals surface area contributed by atoms with Crippen molar-refractivity contribution in [2.45, 2.75) is 51.7 Å². The van der Waals surface area contributed by atoms with Crippen molar-refractivity contribution in [3.63, 3.8) is 0 Å². The maximum absolute atomic E-state index is 11.9. The summed E-state index contributed by atoms with van der Waals surface area (Å²) in [6, 6.07) is 0.806. The van der Waals surface area contributed by atoms with E-state index in [9.17, 15) is 4.79 Å². The Bertz CT molecular complexity index is 307. The van der Waals surface area contributed by atoms with E-state index in [-0.39, 0.29) is 11.7 Å². The van der Waals surface area contributed by atoms with E-state index in [1.54, 1.807) is 0 Å². The molecular weight excluding hydrogens is 228 g/mol. The summed E-state index contributed by atoms with van der Waals surface area (Å²) >= 11 is 0. The number of hydrogen-bond donors (Lipinski definition) is 0. The minimum Gasteiger partial charge on any atom is -0.444 e. The smallest absolute Gasteiger partial charge is 0.410 e. The van der Waals surface area contributed by atoms with Crippen LogP contribution in [0.5, 0.6) is 0 Å². The second-order valence-corrected chi connectivity index (χ2v) is 6.75. The topological polar surface area (TPSA) is 32.8 Å². The third-order valence-corrected chi connectivity index (χ3v) is 3.65. The van der Waals surface area contributed by atoms with Crippen LogP contribution in [0, 0.1) is 5.92 Å². The highest BCUT2D eigenvalue weighted by Crippen LogP contribution is 2.28. The van der Waals surface area contributed by atoms with Gasteiger partial charge < -0.3 is 14.5 Å². The van der Waals surface area contributed by atoms with E-state index < -0.39 is 0 Å². The van der Waals surface area contributed by atoms with Gasteiger partial charge in [0, 0.05) is 25.7 Å². The zero-order chi connectivity index (χ0) is 13.3. The van der Waals surface area contributed by atoms with Crippen LogP contribution in [0.15, 0.2) is 0 Å². The van der Waals surface area contributed by atoms with Gasteiger partial charge in [0.2, 0.25) is 0 Å². The molecule has 2 fully saturated rings. The lowest BCUT2D eigenvalue weighted by Crippen LogP contribution is -2.36. The lowest BCUT2D eigenvalue weighted by Gasteiger charge is -2.25. The summed E-state index contributed by atoms with van der Waals surface area (Å²) in [4.78, 5) is 16.2. The van der Waals surface area contributed by atoms with Gasteiger partial charge in [0.15, 0.2) is 0 Å². The van der Waals surface area contributed by atoms with E-state index in [4.69, 9.17) is 4.74 Å². The van der Waals surface area contributed by atoms with E-state index in [1.807, 2.05) is 25.7 Å². The van der Waals surface area contributed by atoms with Crippen LogP contribution >= 0.6 is 0 Å². The normalized spacial score (nSPS) is 24.7. The Morgan fingerprint density at radius 2 is 2.00 bits per heavy atom. The number of rotatable bonds is 3. The van der Waals surface area contributed by atoms with E-state index >= 15 is 0 Å². The van der Waals surface area contributed by atoms with E-state index in [1.165, 1.54) is 12.8 Å². The Morgan fingerprint density at radius 1 is 1.33 bits per heavy atom. The highest BCUT2D eigenvalue weighted by molar-refractivity contribution is 5.68. The minimum absolute atomic E-state index is 0.154. The highest BCUT2D eigenvalue weighted by atomic mass is 16.6. The number of likely N-dealkylation sites (tertiary alicyclic amines) is 1. The van der Waals surface area contributed by atoms with E-state index in [0.717, 1.165) is 32.1 Å². The Labute approximate surface area is 110 Å². The zero-order valence-electron chi connectivity index (χ0n) is 12.1. The lowest BCUT2D eigenvalue weighted by atomic mass is 10.1. The van der Waals surface area contributed by atoms with Gasteiger partial charge in [0.1, 0.15) is 5.60 Å². The molecule has 0 spiro atoms. The van der Waals surface area contributed by atoms with Crippen LogP contribution < -0.4 is 0 Å². The molecule has 1 unspecified atom stereocenters. The van der Waals surface area contributed by atoms with Gasteiger partial charge in [-0.15, -0.1) is 0 Å². The molecule has 0 aromatic heterocycles. The summed E-state index contributed by atoms with van der Waals surface area (Å²) in [5, 5.41) is 0. The highest BCUT2D eigenvalue weighted by Gasteiger charge is 2.33. The van der Waals surface area contributed by atoms with Gasteiger partial charge >= 0.3 is 6.09 Å². The summed E-state index contributed by atoms with van der Waals surface area (Å²) in [6.07, 6.45) is 3.65. The number of carbonyl (C=O) groups is 1. The molecule has 4 nitrogen and oxygen atoms in total. The van der Waals surface area contributed by atoms with Crippen LogP contribution in [0.3, 0.4) is 0 Å². The van der Waals surface area contributed by atoms with Crippen molar-refractivity contribution in [2.75, 3.05) is 26.7 Å². The van der Waals surface area contributed by atoms with Gasteiger partial charge in [-0.2, -0.15) is 0 Å². The Kier molecular flexibility index (Phi) is 3.85. The van der Waals surface area contributed by atoms with Gasteiger partial charge in [0.25, 0.3) is 0 Å². The largest absolute Gasteiger partial charge is 0.444 e. The first-order chi connectivity index (χ1) is 8.35. The predicted molar refractivity (Wildman–Crippen MR) is 71.6 cm³/mol. The minimum atomic E-state index is -0.389. The monoisotopic (exact) mass is 254 g/mol. The lowest BCUT2D eigenvalue weighted by molar-refractivity contribution is 0.0286. The van der Waals surface area contributed by atoms with Crippen LogP contribution in [0.2, 0.25) is 0 Å². The molecule has 1 aliphatic carbocycles. The van der Waals surface area contributed by atoms with Crippen molar-refractivity contribution in [3.8, 4) is 0 Å². The van der Waals surface area contributed by atoms with Crippen molar-refractivity contribution in [3.05, 3.63) is 0 Å². The van der Waals surface area contributed by atoms with Crippen LogP contribution in [0.25, 0.3) is 0 Å². The number of ether oxygens (including phenoxy) is 1. The Balaban J connectivity index is 1.75. The van der Waals surface area contributed by atoms with Crippen LogP contribution in [0.1, 0.15) is 40.0 Å². The SMILES string of the molecule is CN(CC1CCN(C(=O)OC(C)(C)C)C1)C1CC1. The maximum atomic E-state index is 11.9. The van der Waals surface area contributed by atoms with Gasteiger partial charge in [-0.1, -0.05) is 0 Å². The summed E-state index contributed by atoms with van der Waals surface area (Å²) < 4.78 is 5.41. The molecule has 1 amide bonds. The van der Waals surface area contributed by atoms with E-state index in [0.29, 0.717) is 5.92 Å². The summed E-state index contributed by atoms with van der Waals surface area (Å²) in [5.74, 6) is 0.614. The number of hydrogen-bond acceptors (Lipinski definition) is 3. The van der Waals surface area contributed by atoms with Crippen molar-refractivity contribution < 1.29 is 9.53 Å². The molecule has 0 N–H and O–H groups in total. The fraction of sp³-hybridized carbons (Fsp3) is 0.929. The second kappa shape index (κ2) is 5.08. The number of nitrogens with zero attached hydrogens (tertiary/aromatic N) is 2. The van der Waals surface area contributed by atoms with Crippen LogP contribution in [-0.4, -0.2) is 54.2 Å². The molecule has 1 atom stereocenters. The summed E-state index contributed by atoms with van der Waals surface area (Å²) in [7, 11) is 2.20. The van der Waals surface area contributed by atoms with Gasteiger partial charge in [0.05, 0.1) is 0 Å². The molecule has 4 heteroatoms. The quantitative estimate of drug-likeness (QED) is 0.775. The molecule has 0 radical (unpaired) electrons. The van der Waals surface area contributed by atoms with Crippen molar-refractivity contribution >= 4 is 6.09 Å². The first kappa shape index (κ1) is 13.7. The third kappa shape index (κ3) is 3.87. The van der Waals surface area contributed by atoms with E-state index in [2.05, 4.69) is 11.9 Å². The Hall–Kier alpha value is -0.770. The number of amides is 1. The fourth-order valence-electron chi connectivity index (χ4n) is 2.55. The Morgan fingerprint density at radius 3 is 2.56 bits per heavy atom. The first-order valence-electron chi connectivity index (χ1n) is 7.03. The van der Waals surface area contributed by atoms with Crippen molar-refractivity contribution in [1.82, 2.24) is 9.80 Å². The molecule has 0 aromatic carbocycles. The number of carbonyl (C=O) groups excluding carboxylic acids is 1. The zero-order valence-corrected chi connectivity index (χ0v) is 12.1. The molecule has 1 heterocycles. The van der Waals surface area contributed by atoms with Crippen LogP contribution in [-0.2, 0) is 4.74 Å². The predicted octanol–water partition coefficient (Wildman–Crippen LogP) is 2.34. The third-order valence-electron chi connectivity index (χ3n) is 3.65. The second-order valence-electron chi connectivity index (χ2n) is 6.75. The fourth-order valence-corrected chi connectivity index (χ4v) is 2.55. The molecule has 2 rings (SSSR count). The molecule has 18 heavy (non-hydrogen) atoms.